The summed E-state index contributed by atoms with van der Waals surface area (Å²) in [6.45, 7) is 6.60. The number of anilines is 1. The van der Waals surface area contributed by atoms with Gasteiger partial charge >= 0.3 is 0 Å². The van der Waals surface area contributed by atoms with Crippen molar-refractivity contribution in [3.05, 3.63) is 76.1 Å². The van der Waals surface area contributed by atoms with E-state index in [1.54, 1.807) is 6.92 Å². The van der Waals surface area contributed by atoms with Crippen molar-refractivity contribution in [3.8, 4) is 12.3 Å². The maximum atomic E-state index is 12.2. The van der Waals surface area contributed by atoms with Crippen molar-refractivity contribution in [3.63, 3.8) is 0 Å². The molecule has 1 heterocycles. The lowest BCUT2D eigenvalue weighted by Gasteiger charge is -2.43. The van der Waals surface area contributed by atoms with Crippen molar-refractivity contribution < 1.29 is 9.59 Å². The lowest BCUT2D eigenvalue weighted by molar-refractivity contribution is -0.131. The molecule has 2 aromatic carbocycles. The number of benzene rings is 2. The van der Waals surface area contributed by atoms with Crippen LogP contribution in [0.3, 0.4) is 0 Å². The van der Waals surface area contributed by atoms with Crippen LogP contribution in [0.4, 0.5) is 5.69 Å². The van der Waals surface area contributed by atoms with Crippen molar-refractivity contribution in [2.75, 3.05) is 18.4 Å². The summed E-state index contributed by atoms with van der Waals surface area (Å²) in [4.78, 5) is 26.1. The molecule has 0 aromatic heterocycles. The number of ketones is 1. The Bertz CT molecular complexity index is 1150. The molecule has 1 aliphatic carbocycles. The van der Waals surface area contributed by atoms with Crippen LogP contribution in [-0.4, -0.2) is 35.2 Å². The van der Waals surface area contributed by atoms with Gasteiger partial charge in [-0.15, -0.1) is 6.42 Å². The molecule has 1 saturated carbocycles. The number of hydrogen-bond acceptors (Lipinski definition) is 4. The van der Waals surface area contributed by atoms with Gasteiger partial charge < -0.3 is 15.5 Å². The molecular formula is C30H36ClN3O2. The van der Waals surface area contributed by atoms with Gasteiger partial charge in [-0.2, -0.15) is 0 Å². The van der Waals surface area contributed by atoms with Crippen molar-refractivity contribution in [1.29, 1.82) is 0 Å². The Balaban J connectivity index is 0.000000338. The fraction of sp³-hybridized carbons (Fsp3) is 0.400. The zero-order valence-corrected chi connectivity index (χ0v) is 22.3. The van der Waals surface area contributed by atoms with Crippen molar-refractivity contribution in [2.24, 2.45) is 0 Å². The first kappa shape index (κ1) is 27.4. The van der Waals surface area contributed by atoms with Crippen LogP contribution >= 0.6 is 11.6 Å². The fourth-order valence-electron chi connectivity index (χ4n) is 4.58. The third-order valence-corrected chi connectivity index (χ3v) is 7.14. The zero-order valence-electron chi connectivity index (χ0n) is 21.5. The number of allylic oxidation sites excluding steroid dienone is 1. The molecule has 2 N–H and O–H groups in total. The second kappa shape index (κ2) is 12.6. The lowest BCUT2D eigenvalue weighted by atomic mass is 9.83. The average Bonchev–Trinajstić information content (AvgIpc) is 2.83. The Morgan fingerprint density at radius 2 is 1.78 bits per heavy atom. The van der Waals surface area contributed by atoms with E-state index in [1.165, 1.54) is 24.5 Å². The lowest BCUT2D eigenvalue weighted by Crippen LogP contribution is -2.59. The van der Waals surface area contributed by atoms with Gasteiger partial charge in [-0.3, -0.25) is 9.59 Å². The summed E-state index contributed by atoms with van der Waals surface area (Å²) >= 11 is 5.72. The van der Waals surface area contributed by atoms with Crippen LogP contribution in [0.2, 0.25) is 5.02 Å². The van der Waals surface area contributed by atoms with Crippen LogP contribution < -0.4 is 10.6 Å². The van der Waals surface area contributed by atoms with Crippen molar-refractivity contribution >= 4 is 29.0 Å². The highest BCUT2D eigenvalue weighted by atomic mass is 35.5. The maximum absolute atomic E-state index is 12.2. The molecule has 0 unspecified atom stereocenters. The van der Waals surface area contributed by atoms with Gasteiger partial charge in [0.05, 0.1) is 0 Å². The molecule has 190 valence electrons. The summed E-state index contributed by atoms with van der Waals surface area (Å²) in [5.74, 6) is 3.69. The van der Waals surface area contributed by atoms with Gasteiger partial charge in [-0.05, 0) is 86.9 Å². The van der Waals surface area contributed by atoms with Gasteiger partial charge in [-0.25, -0.2) is 0 Å². The molecule has 1 amide bonds. The Hall–Kier alpha value is -3.23. The first-order valence-electron chi connectivity index (χ1n) is 12.6. The van der Waals surface area contributed by atoms with Gasteiger partial charge in [0, 0.05) is 36.3 Å². The van der Waals surface area contributed by atoms with Gasteiger partial charge in [0.25, 0.3) is 0 Å². The van der Waals surface area contributed by atoms with E-state index in [0.717, 1.165) is 54.4 Å². The summed E-state index contributed by atoms with van der Waals surface area (Å²) in [7, 11) is 0. The number of terminal acetylenes is 1. The van der Waals surface area contributed by atoms with Gasteiger partial charge in [0.1, 0.15) is 11.4 Å². The highest BCUT2D eigenvalue weighted by Crippen LogP contribution is 2.34. The molecule has 4 rings (SSSR count). The van der Waals surface area contributed by atoms with Crippen LogP contribution in [0.1, 0.15) is 64.0 Å². The summed E-state index contributed by atoms with van der Waals surface area (Å²) in [5, 5.41) is 7.29. The molecular weight excluding hydrogens is 470 g/mol. The summed E-state index contributed by atoms with van der Waals surface area (Å²) in [5.41, 5.74) is 3.79. The SMILES string of the molecule is C#Cc1cccc(NC(=C2CCC2)N2CCC(NC(C)=O)(C(C)=O)CC2)c1.CCc1cccc(Cl)c1. The molecule has 0 atom stereocenters. The number of amides is 1. The van der Waals surface area contributed by atoms with Gasteiger partial charge in [-0.1, -0.05) is 42.6 Å². The van der Waals surface area contributed by atoms with E-state index in [9.17, 15) is 9.59 Å². The average molecular weight is 506 g/mol. The van der Waals surface area contributed by atoms with E-state index >= 15 is 0 Å². The molecule has 2 fully saturated rings. The zero-order chi connectivity index (χ0) is 26.1. The number of rotatable bonds is 6. The smallest absolute Gasteiger partial charge is 0.217 e. The summed E-state index contributed by atoms with van der Waals surface area (Å²) in [6.07, 6.45) is 11.2. The van der Waals surface area contributed by atoms with Crippen molar-refractivity contribution in [2.45, 2.75) is 64.8 Å². The largest absolute Gasteiger partial charge is 0.358 e. The van der Waals surface area contributed by atoms with E-state index in [0.29, 0.717) is 12.8 Å². The molecule has 0 radical (unpaired) electrons. The standard InChI is InChI=1S/C22H27N3O2.C8H9Cl/c1-4-18-7-5-10-20(15-18)23-21(19-8-6-9-19)25-13-11-22(12-14-25,16(2)26)24-17(3)27;1-2-7-4-3-5-8(9)6-7/h1,5,7,10,15,23H,6,8-9,11-14H2,2-3H3,(H,24,27);3-6H,2H2,1H3. The topological polar surface area (TPSA) is 61.4 Å². The number of Topliss-reactive ketones (excluding diaryl/α,β-unsaturated/α-hetero) is 1. The molecule has 0 bridgehead atoms. The summed E-state index contributed by atoms with van der Waals surface area (Å²) < 4.78 is 0. The van der Waals surface area contributed by atoms with Crippen molar-refractivity contribution in [1.82, 2.24) is 10.2 Å². The Morgan fingerprint density at radius 1 is 1.08 bits per heavy atom. The Kier molecular flexibility index (Phi) is 9.61. The summed E-state index contributed by atoms with van der Waals surface area (Å²) in [6, 6.07) is 15.8. The number of carbonyl (C=O) groups excluding carboxylic acids is 2. The second-order valence-corrected chi connectivity index (χ2v) is 9.88. The molecule has 36 heavy (non-hydrogen) atoms. The first-order chi connectivity index (χ1) is 17.3. The molecule has 2 aromatic rings. The molecule has 1 saturated heterocycles. The predicted molar refractivity (Wildman–Crippen MR) is 148 cm³/mol. The monoisotopic (exact) mass is 505 g/mol. The number of halogens is 1. The number of carbonyl (C=O) groups is 2. The van der Waals surface area contributed by atoms with E-state index < -0.39 is 5.54 Å². The second-order valence-electron chi connectivity index (χ2n) is 9.45. The molecule has 6 heteroatoms. The number of nitrogens with zero attached hydrogens (tertiary/aromatic N) is 1. The highest BCUT2D eigenvalue weighted by molar-refractivity contribution is 6.30. The third-order valence-electron chi connectivity index (χ3n) is 6.90. The van der Waals surface area contributed by atoms with Gasteiger partial charge in [0.2, 0.25) is 5.91 Å². The number of aryl methyl sites for hydroxylation is 1. The predicted octanol–water partition coefficient (Wildman–Crippen LogP) is 5.94. The maximum Gasteiger partial charge on any atom is 0.217 e. The number of hydrogen-bond donors (Lipinski definition) is 2. The number of likely N-dealkylation sites (tertiary alicyclic amines) is 1. The van der Waals surface area contributed by atoms with Crippen LogP contribution in [0.5, 0.6) is 0 Å². The Labute approximate surface area is 220 Å². The minimum Gasteiger partial charge on any atom is -0.358 e. The van der Waals surface area contributed by atoms with E-state index in [2.05, 4.69) is 34.4 Å². The third kappa shape index (κ3) is 7.15. The highest BCUT2D eigenvalue weighted by Gasteiger charge is 2.40. The van der Waals surface area contributed by atoms with Crippen LogP contribution in [0, 0.1) is 12.3 Å². The molecule has 0 spiro atoms. The van der Waals surface area contributed by atoms with Crippen LogP contribution in [-0.2, 0) is 16.0 Å². The first-order valence-corrected chi connectivity index (χ1v) is 13.0. The Morgan fingerprint density at radius 3 is 2.28 bits per heavy atom. The minimum absolute atomic E-state index is 0.0323. The normalized spacial score (nSPS) is 16.0. The van der Waals surface area contributed by atoms with E-state index in [-0.39, 0.29) is 11.7 Å². The number of piperidine rings is 1. The number of nitrogens with one attached hydrogen (secondary N) is 2. The minimum atomic E-state index is -0.735. The van der Waals surface area contributed by atoms with Crippen LogP contribution in [0.25, 0.3) is 0 Å². The van der Waals surface area contributed by atoms with Gasteiger partial charge in [0.15, 0.2) is 5.78 Å². The molecule has 2 aliphatic rings. The van der Waals surface area contributed by atoms with E-state index in [4.69, 9.17) is 18.0 Å². The molecule has 5 nitrogen and oxygen atoms in total. The quantitative estimate of drug-likeness (QED) is 0.477. The van der Waals surface area contributed by atoms with Crippen LogP contribution in [0.15, 0.2) is 59.9 Å². The fourth-order valence-corrected chi connectivity index (χ4v) is 4.79. The van der Waals surface area contributed by atoms with E-state index in [1.807, 2.05) is 42.5 Å². The molecule has 1 aliphatic heterocycles.